The minimum Gasteiger partial charge on any atom is -0.490 e. The van der Waals surface area contributed by atoms with E-state index in [1.807, 2.05) is 0 Å². The topological polar surface area (TPSA) is 62.8 Å². The maximum absolute atomic E-state index is 12.2. The molecule has 0 aliphatic carbocycles. The second-order valence-corrected chi connectivity index (χ2v) is 5.81. The number of anilines is 1. The van der Waals surface area contributed by atoms with Gasteiger partial charge in [-0.05, 0) is 0 Å². The summed E-state index contributed by atoms with van der Waals surface area (Å²) >= 11 is 6.23. The summed E-state index contributed by atoms with van der Waals surface area (Å²) in [6.45, 7) is 5.16. The Bertz CT molecular complexity index is 547. The number of carbonyl (C=O) groups is 1. The van der Waals surface area contributed by atoms with Crippen LogP contribution in [0.15, 0.2) is 12.1 Å². The molecule has 2 heterocycles. The largest absolute Gasteiger partial charge is 0.490 e. The quantitative estimate of drug-likeness (QED) is 0.878. The average molecular weight is 326 g/mol. The fourth-order valence-electron chi connectivity index (χ4n) is 2.54. The lowest BCUT2D eigenvalue weighted by molar-refractivity contribution is -0.117. The van der Waals surface area contributed by atoms with Crippen LogP contribution in [-0.4, -0.2) is 56.7 Å². The number of amides is 1. The van der Waals surface area contributed by atoms with Gasteiger partial charge in [-0.3, -0.25) is 9.69 Å². The molecular formula is C15H20ClN3O3. The van der Waals surface area contributed by atoms with Crippen LogP contribution < -0.4 is 20.1 Å². The van der Waals surface area contributed by atoms with Crippen molar-refractivity contribution in [3.8, 4) is 11.5 Å². The number of rotatable bonds is 3. The first kappa shape index (κ1) is 15.4. The third-order valence-electron chi connectivity index (χ3n) is 3.69. The molecule has 0 radical (unpaired) electrons. The Morgan fingerprint density at radius 1 is 1.23 bits per heavy atom. The number of nitrogens with zero attached hydrogens (tertiary/aromatic N) is 1. The number of nitrogens with one attached hydrogen (secondary N) is 2. The zero-order chi connectivity index (χ0) is 15.4. The van der Waals surface area contributed by atoms with E-state index in [1.54, 1.807) is 12.1 Å². The number of piperazine rings is 1. The van der Waals surface area contributed by atoms with Gasteiger partial charge in [0.1, 0.15) is 0 Å². The van der Waals surface area contributed by atoms with Crippen molar-refractivity contribution in [3.05, 3.63) is 17.2 Å². The molecule has 1 fully saturated rings. The third-order valence-corrected chi connectivity index (χ3v) is 4.00. The molecule has 1 saturated heterocycles. The van der Waals surface area contributed by atoms with Gasteiger partial charge in [-0.25, -0.2) is 0 Å². The second-order valence-electron chi connectivity index (χ2n) is 5.40. The molecule has 22 heavy (non-hydrogen) atoms. The second kappa shape index (κ2) is 7.17. The van der Waals surface area contributed by atoms with Gasteiger partial charge >= 0.3 is 0 Å². The van der Waals surface area contributed by atoms with E-state index in [9.17, 15) is 4.79 Å². The maximum Gasteiger partial charge on any atom is 0.238 e. The molecule has 0 spiro atoms. The van der Waals surface area contributed by atoms with Gasteiger partial charge in [-0.15, -0.1) is 0 Å². The Labute approximate surface area is 134 Å². The number of fused-ring (bicyclic) bond motifs is 1. The monoisotopic (exact) mass is 325 g/mol. The number of ether oxygens (including phenoxy) is 2. The van der Waals surface area contributed by atoms with Gasteiger partial charge in [0.2, 0.25) is 5.91 Å². The average Bonchev–Trinajstić information content (AvgIpc) is 2.73. The first-order valence-corrected chi connectivity index (χ1v) is 7.92. The molecule has 1 aromatic carbocycles. The molecule has 0 unspecified atom stereocenters. The van der Waals surface area contributed by atoms with Crippen molar-refractivity contribution >= 4 is 23.2 Å². The molecule has 0 bridgehead atoms. The highest BCUT2D eigenvalue weighted by Crippen LogP contribution is 2.37. The van der Waals surface area contributed by atoms with E-state index < -0.39 is 0 Å². The summed E-state index contributed by atoms with van der Waals surface area (Å²) in [7, 11) is 0. The van der Waals surface area contributed by atoms with Gasteiger partial charge in [0.05, 0.1) is 30.5 Å². The van der Waals surface area contributed by atoms with Crippen molar-refractivity contribution in [1.29, 1.82) is 0 Å². The highest BCUT2D eigenvalue weighted by atomic mass is 35.5. The van der Waals surface area contributed by atoms with E-state index in [0.717, 1.165) is 32.6 Å². The molecule has 0 atom stereocenters. The van der Waals surface area contributed by atoms with Crippen LogP contribution in [0.25, 0.3) is 0 Å². The SMILES string of the molecule is O=C(CN1CCNCC1)Nc1cc2c(cc1Cl)OCCCO2. The maximum atomic E-state index is 12.2. The van der Waals surface area contributed by atoms with Gasteiger partial charge in [0.25, 0.3) is 0 Å². The van der Waals surface area contributed by atoms with Crippen molar-refractivity contribution in [3.63, 3.8) is 0 Å². The summed E-state index contributed by atoms with van der Waals surface area (Å²) in [5.41, 5.74) is 0.561. The van der Waals surface area contributed by atoms with Crippen molar-refractivity contribution in [2.24, 2.45) is 0 Å². The normalized spacial score (nSPS) is 18.6. The van der Waals surface area contributed by atoms with Crippen LogP contribution in [0.5, 0.6) is 11.5 Å². The standard InChI is InChI=1S/C15H20ClN3O3/c16-11-8-13-14(22-7-1-6-21-13)9-12(11)18-15(20)10-19-4-2-17-3-5-19/h8-9,17H,1-7,10H2,(H,18,20). The first-order valence-electron chi connectivity index (χ1n) is 7.54. The number of hydrogen-bond acceptors (Lipinski definition) is 5. The molecule has 6 nitrogen and oxygen atoms in total. The lowest BCUT2D eigenvalue weighted by Gasteiger charge is -2.26. The predicted octanol–water partition coefficient (Wildman–Crippen LogP) is 1.34. The molecule has 7 heteroatoms. The molecule has 3 rings (SSSR count). The summed E-state index contributed by atoms with van der Waals surface area (Å²) in [6.07, 6.45) is 0.830. The highest BCUT2D eigenvalue weighted by Gasteiger charge is 2.17. The molecule has 1 amide bonds. The Morgan fingerprint density at radius 2 is 1.91 bits per heavy atom. The van der Waals surface area contributed by atoms with Crippen LogP contribution in [0.4, 0.5) is 5.69 Å². The zero-order valence-electron chi connectivity index (χ0n) is 12.4. The molecule has 2 N–H and O–H groups in total. The van der Waals surface area contributed by atoms with Crippen LogP contribution in [0.3, 0.4) is 0 Å². The summed E-state index contributed by atoms with van der Waals surface area (Å²) in [5.74, 6) is 1.18. The van der Waals surface area contributed by atoms with E-state index in [0.29, 0.717) is 42.0 Å². The Kier molecular flexibility index (Phi) is 5.02. The number of benzene rings is 1. The van der Waals surface area contributed by atoms with Crippen molar-refractivity contribution in [2.75, 3.05) is 51.3 Å². The van der Waals surface area contributed by atoms with Crippen molar-refractivity contribution < 1.29 is 14.3 Å². The van der Waals surface area contributed by atoms with Crippen molar-refractivity contribution in [1.82, 2.24) is 10.2 Å². The Hall–Kier alpha value is -1.50. The Morgan fingerprint density at radius 3 is 2.64 bits per heavy atom. The van der Waals surface area contributed by atoms with Crippen LogP contribution >= 0.6 is 11.6 Å². The van der Waals surface area contributed by atoms with E-state index in [-0.39, 0.29) is 5.91 Å². The lowest BCUT2D eigenvalue weighted by atomic mass is 10.2. The van der Waals surface area contributed by atoms with Gasteiger partial charge < -0.3 is 20.1 Å². The smallest absolute Gasteiger partial charge is 0.238 e. The molecule has 120 valence electrons. The summed E-state index contributed by atoms with van der Waals surface area (Å²) in [4.78, 5) is 14.3. The zero-order valence-corrected chi connectivity index (χ0v) is 13.1. The molecule has 0 saturated carbocycles. The van der Waals surface area contributed by atoms with Gasteiger partial charge in [0, 0.05) is 44.7 Å². The van der Waals surface area contributed by atoms with Crippen LogP contribution in [-0.2, 0) is 4.79 Å². The van der Waals surface area contributed by atoms with E-state index in [1.165, 1.54) is 0 Å². The van der Waals surface area contributed by atoms with E-state index in [4.69, 9.17) is 21.1 Å². The summed E-state index contributed by atoms with van der Waals surface area (Å²) in [5, 5.41) is 6.58. The van der Waals surface area contributed by atoms with Gasteiger partial charge in [0.15, 0.2) is 11.5 Å². The number of carbonyl (C=O) groups excluding carboxylic acids is 1. The highest BCUT2D eigenvalue weighted by molar-refractivity contribution is 6.34. The van der Waals surface area contributed by atoms with E-state index in [2.05, 4.69) is 15.5 Å². The van der Waals surface area contributed by atoms with Gasteiger partial charge in [-0.2, -0.15) is 0 Å². The lowest BCUT2D eigenvalue weighted by Crippen LogP contribution is -2.46. The van der Waals surface area contributed by atoms with E-state index >= 15 is 0 Å². The fourth-order valence-corrected chi connectivity index (χ4v) is 2.74. The summed E-state index contributed by atoms with van der Waals surface area (Å²) < 4.78 is 11.2. The van der Waals surface area contributed by atoms with Crippen LogP contribution in [0, 0.1) is 0 Å². The summed E-state index contributed by atoms with van der Waals surface area (Å²) in [6, 6.07) is 3.43. The first-order chi connectivity index (χ1) is 10.7. The molecular weight excluding hydrogens is 306 g/mol. The fraction of sp³-hybridized carbons (Fsp3) is 0.533. The number of halogens is 1. The van der Waals surface area contributed by atoms with Crippen LogP contribution in [0.2, 0.25) is 5.02 Å². The van der Waals surface area contributed by atoms with Crippen molar-refractivity contribution in [2.45, 2.75) is 6.42 Å². The third kappa shape index (κ3) is 3.82. The predicted molar refractivity (Wildman–Crippen MR) is 85.0 cm³/mol. The minimum absolute atomic E-state index is 0.0710. The van der Waals surface area contributed by atoms with Gasteiger partial charge in [-0.1, -0.05) is 11.6 Å². The molecule has 2 aliphatic heterocycles. The van der Waals surface area contributed by atoms with Crippen LogP contribution in [0.1, 0.15) is 6.42 Å². The molecule has 0 aromatic heterocycles. The minimum atomic E-state index is -0.0710. The molecule has 1 aromatic rings. The number of hydrogen-bond donors (Lipinski definition) is 2. The molecule has 2 aliphatic rings. The Balaban J connectivity index is 1.66.